The number of amides is 3. The standard InChI is InChI=1S/C25H35N3O4/c29-22(26-15-7-3-1-4-8-15)19-18-13-14-25(32-18)20(19)24(31)28(17-11-12-17)21(25)23(30)27-16-9-5-2-6-10-16/h13-21H,1-12H2,(H,26,29)(H,27,30)/t18-,19+,20-,21+,25-/m0/s1. The predicted molar refractivity (Wildman–Crippen MR) is 117 cm³/mol. The maximum atomic E-state index is 13.7. The summed E-state index contributed by atoms with van der Waals surface area (Å²) >= 11 is 0. The van der Waals surface area contributed by atoms with Gasteiger partial charge in [-0.2, -0.15) is 0 Å². The predicted octanol–water partition coefficient (Wildman–Crippen LogP) is 2.20. The molecule has 32 heavy (non-hydrogen) atoms. The van der Waals surface area contributed by atoms with Gasteiger partial charge in [0.25, 0.3) is 0 Å². The molecule has 0 aromatic rings. The van der Waals surface area contributed by atoms with Gasteiger partial charge < -0.3 is 20.3 Å². The lowest BCUT2D eigenvalue weighted by Gasteiger charge is -2.34. The van der Waals surface area contributed by atoms with Crippen LogP contribution < -0.4 is 10.6 Å². The lowest BCUT2D eigenvalue weighted by Crippen LogP contribution is -2.57. The molecule has 2 N–H and O–H groups in total. The molecule has 3 aliphatic carbocycles. The van der Waals surface area contributed by atoms with E-state index in [2.05, 4.69) is 10.6 Å². The molecule has 0 aromatic heterocycles. The number of likely N-dealkylation sites (tertiary alicyclic amines) is 1. The van der Waals surface area contributed by atoms with Crippen molar-refractivity contribution < 1.29 is 19.1 Å². The van der Waals surface area contributed by atoms with Crippen molar-refractivity contribution in [2.24, 2.45) is 11.8 Å². The molecule has 3 heterocycles. The van der Waals surface area contributed by atoms with Gasteiger partial charge in [-0.15, -0.1) is 0 Å². The van der Waals surface area contributed by atoms with Crippen molar-refractivity contribution in [1.29, 1.82) is 0 Å². The van der Waals surface area contributed by atoms with Gasteiger partial charge in [0.1, 0.15) is 11.6 Å². The molecule has 3 amide bonds. The van der Waals surface area contributed by atoms with Crippen LogP contribution in [0.5, 0.6) is 0 Å². The SMILES string of the molecule is O=C(NC1CCCCC1)[C@@H]1[C@@H]2C=C[C@]3(O2)[C@@H]1C(=O)N(C1CC1)[C@@H]3C(=O)NC1CCCCC1. The summed E-state index contributed by atoms with van der Waals surface area (Å²) in [6.07, 6.45) is 16.3. The van der Waals surface area contributed by atoms with Crippen LogP contribution in [0.3, 0.4) is 0 Å². The molecule has 174 valence electrons. The Bertz CT molecular complexity index is 827. The molecular weight excluding hydrogens is 406 g/mol. The minimum Gasteiger partial charge on any atom is -0.359 e. The second-order valence-electron chi connectivity index (χ2n) is 10.9. The number of ether oxygens (including phenoxy) is 1. The Kier molecular flexibility index (Phi) is 5.08. The normalized spacial score (nSPS) is 39.4. The van der Waals surface area contributed by atoms with Crippen molar-refractivity contribution in [1.82, 2.24) is 15.5 Å². The number of fused-ring (bicyclic) bond motifs is 1. The van der Waals surface area contributed by atoms with Crippen molar-refractivity contribution in [3.8, 4) is 0 Å². The van der Waals surface area contributed by atoms with Crippen LogP contribution in [0, 0.1) is 11.8 Å². The van der Waals surface area contributed by atoms with Gasteiger partial charge in [-0.1, -0.05) is 50.7 Å². The molecule has 0 radical (unpaired) electrons. The first-order chi connectivity index (χ1) is 15.6. The van der Waals surface area contributed by atoms with E-state index in [9.17, 15) is 14.4 Å². The third-order valence-corrected chi connectivity index (χ3v) is 8.71. The van der Waals surface area contributed by atoms with Crippen molar-refractivity contribution in [3.63, 3.8) is 0 Å². The molecule has 1 spiro atoms. The first kappa shape index (κ1) is 20.7. The zero-order valence-electron chi connectivity index (χ0n) is 18.8. The van der Waals surface area contributed by atoms with Gasteiger partial charge in [-0.05, 0) is 38.5 Å². The van der Waals surface area contributed by atoms with Crippen molar-refractivity contribution in [2.75, 3.05) is 0 Å². The Labute approximate surface area is 189 Å². The summed E-state index contributed by atoms with van der Waals surface area (Å²) in [5.74, 6) is -1.37. The summed E-state index contributed by atoms with van der Waals surface area (Å²) in [4.78, 5) is 42.5. The molecule has 5 fully saturated rings. The lowest BCUT2D eigenvalue weighted by molar-refractivity contribution is -0.142. The van der Waals surface area contributed by atoms with E-state index in [1.807, 2.05) is 12.2 Å². The fourth-order valence-electron chi connectivity index (χ4n) is 7.02. The third kappa shape index (κ3) is 3.22. The van der Waals surface area contributed by atoms with Crippen LogP contribution in [-0.2, 0) is 19.1 Å². The van der Waals surface area contributed by atoms with Crippen molar-refractivity contribution in [2.45, 2.75) is 113 Å². The monoisotopic (exact) mass is 441 g/mol. The number of nitrogens with one attached hydrogen (secondary N) is 2. The highest BCUT2D eigenvalue weighted by atomic mass is 16.5. The highest BCUT2D eigenvalue weighted by Crippen LogP contribution is 2.57. The maximum Gasteiger partial charge on any atom is 0.246 e. The van der Waals surface area contributed by atoms with Gasteiger partial charge in [0.05, 0.1) is 17.9 Å². The van der Waals surface area contributed by atoms with E-state index in [1.54, 1.807) is 4.90 Å². The van der Waals surface area contributed by atoms with Crippen LogP contribution in [0.2, 0.25) is 0 Å². The maximum absolute atomic E-state index is 13.7. The Balaban J connectivity index is 1.26. The summed E-state index contributed by atoms with van der Waals surface area (Å²) < 4.78 is 6.41. The Hall–Kier alpha value is -1.89. The fourth-order valence-corrected chi connectivity index (χ4v) is 7.02. The van der Waals surface area contributed by atoms with E-state index in [1.165, 1.54) is 12.8 Å². The molecule has 3 saturated carbocycles. The third-order valence-electron chi connectivity index (χ3n) is 8.71. The Morgan fingerprint density at radius 1 is 0.875 bits per heavy atom. The molecule has 0 aromatic carbocycles. The van der Waals surface area contributed by atoms with Crippen molar-refractivity contribution in [3.05, 3.63) is 12.2 Å². The number of nitrogens with zero attached hydrogens (tertiary/aromatic N) is 1. The smallest absolute Gasteiger partial charge is 0.246 e. The van der Waals surface area contributed by atoms with Gasteiger partial charge >= 0.3 is 0 Å². The zero-order valence-corrected chi connectivity index (χ0v) is 18.8. The fraction of sp³-hybridized carbons (Fsp3) is 0.800. The highest BCUT2D eigenvalue weighted by molar-refractivity contribution is 6.00. The zero-order chi connectivity index (χ0) is 21.9. The molecule has 7 nitrogen and oxygen atoms in total. The quantitative estimate of drug-likeness (QED) is 0.641. The first-order valence-corrected chi connectivity index (χ1v) is 12.9. The summed E-state index contributed by atoms with van der Waals surface area (Å²) in [5.41, 5.74) is -1.00. The number of rotatable bonds is 5. The van der Waals surface area contributed by atoms with E-state index < -0.39 is 29.6 Å². The highest BCUT2D eigenvalue weighted by Gasteiger charge is 2.74. The van der Waals surface area contributed by atoms with Crippen LogP contribution in [0.4, 0.5) is 0 Å². The van der Waals surface area contributed by atoms with Crippen LogP contribution in [0.25, 0.3) is 0 Å². The van der Waals surface area contributed by atoms with E-state index in [4.69, 9.17) is 4.74 Å². The molecule has 0 unspecified atom stereocenters. The molecule has 2 bridgehead atoms. The average Bonchev–Trinajstić information content (AvgIpc) is 3.39. The van der Waals surface area contributed by atoms with Crippen LogP contribution in [0.15, 0.2) is 12.2 Å². The number of carbonyl (C=O) groups excluding carboxylic acids is 3. The van der Waals surface area contributed by atoms with Gasteiger partial charge in [-0.3, -0.25) is 14.4 Å². The topological polar surface area (TPSA) is 87.7 Å². The Morgan fingerprint density at radius 2 is 1.47 bits per heavy atom. The minimum atomic E-state index is -1.00. The lowest BCUT2D eigenvalue weighted by atomic mass is 9.74. The molecule has 6 aliphatic rings. The molecular formula is C25H35N3O4. The van der Waals surface area contributed by atoms with E-state index in [-0.39, 0.29) is 35.8 Å². The summed E-state index contributed by atoms with van der Waals surface area (Å²) in [6, 6.07) is -0.196. The van der Waals surface area contributed by atoms with Gasteiger partial charge in [-0.25, -0.2) is 0 Å². The van der Waals surface area contributed by atoms with Gasteiger partial charge in [0.2, 0.25) is 17.7 Å². The second kappa shape index (κ2) is 7.86. The van der Waals surface area contributed by atoms with Crippen LogP contribution >= 0.6 is 0 Å². The molecule has 2 saturated heterocycles. The minimum absolute atomic E-state index is 0.0630. The van der Waals surface area contributed by atoms with Gasteiger partial charge in [0.15, 0.2) is 0 Å². The summed E-state index contributed by atoms with van der Waals surface area (Å²) in [6.45, 7) is 0. The average molecular weight is 442 g/mol. The Morgan fingerprint density at radius 3 is 2.06 bits per heavy atom. The van der Waals surface area contributed by atoms with E-state index >= 15 is 0 Å². The van der Waals surface area contributed by atoms with E-state index in [0.717, 1.165) is 64.2 Å². The largest absolute Gasteiger partial charge is 0.359 e. The summed E-state index contributed by atoms with van der Waals surface area (Å²) in [7, 11) is 0. The molecule has 5 atom stereocenters. The molecule has 6 rings (SSSR count). The summed E-state index contributed by atoms with van der Waals surface area (Å²) in [5, 5.41) is 6.47. The van der Waals surface area contributed by atoms with Crippen LogP contribution in [-0.4, -0.2) is 58.5 Å². The van der Waals surface area contributed by atoms with Crippen molar-refractivity contribution >= 4 is 17.7 Å². The molecule has 7 heteroatoms. The molecule has 3 aliphatic heterocycles. The second-order valence-corrected chi connectivity index (χ2v) is 10.9. The first-order valence-electron chi connectivity index (χ1n) is 12.9. The number of carbonyl (C=O) groups is 3. The number of hydrogen-bond acceptors (Lipinski definition) is 4. The van der Waals surface area contributed by atoms with E-state index in [0.29, 0.717) is 0 Å². The number of hydrogen-bond donors (Lipinski definition) is 2. The van der Waals surface area contributed by atoms with Crippen LogP contribution in [0.1, 0.15) is 77.0 Å². The van der Waals surface area contributed by atoms with Gasteiger partial charge in [0, 0.05) is 18.1 Å².